The van der Waals surface area contributed by atoms with Crippen molar-refractivity contribution in [3.05, 3.63) is 41.9 Å². The van der Waals surface area contributed by atoms with Crippen molar-refractivity contribution in [2.24, 2.45) is 0 Å². The van der Waals surface area contributed by atoms with E-state index in [-0.39, 0.29) is 23.0 Å². The second-order valence-electron chi connectivity index (χ2n) is 3.62. The summed E-state index contributed by atoms with van der Waals surface area (Å²) in [5.74, 6) is -0.537. The quantitative estimate of drug-likeness (QED) is 0.812. The molecule has 1 N–H and O–H groups in total. The number of carbonyl (C=O) groups is 1. The van der Waals surface area contributed by atoms with Crippen molar-refractivity contribution in [2.75, 3.05) is 12.3 Å². The maximum atomic E-state index is 11.9. The first-order valence-electron chi connectivity index (χ1n) is 5.31. The fraction of sp³-hybridized carbons (Fsp3) is 0.250. The number of amides is 1. The Kier molecular flexibility index (Phi) is 5.37. The van der Waals surface area contributed by atoms with E-state index in [2.05, 4.69) is 11.9 Å². The third-order valence-electron chi connectivity index (χ3n) is 2.21. The lowest BCUT2D eigenvalue weighted by molar-refractivity contribution is -0.120. The highest BCUT2D eigenvalue weighted by molar-refractivity contribution is 7.91. The van der Waals surface area contributed by atoms with E-state index in [1.807, 2.05) is 0 Å². The summed E-state index contributed by atoms with van der Waals surface area (Å²) in [6.07, 6.45) is 1.46. The van der Waals surface area contributed by atoms with Crippen LogP contribution in [-0.4, -0.2) is 26.6 Å². The minimum Gasteiger partial charge on any atom is -0.353 e. The molecule has 4 nitrogen and oxygen atoms in total. The number of carbonyl (C=O) groups excluding carboxylic acids is 1. The van der Waals surface area contributed by atoms with Gasteiger partial charge in [0.05, 0.1) is 10.6 Å². The van der Waals surface area contributed by atoms with Crippen LogP contribution in [0.15, 0.2) is 41.8 Å². The number of hydrogen-bond acceptors (Lipinski definition) is 3. The summed E-state index contributed by atoms with van der Waals surface area (Å²) in [5.41, 5.74) is 0. The summed E-state index contributed by atoms with van der Waals surface area (Å²) in [6, 6.07) is 5.87. The summed E-state index contributed by atoms with van der Waals surface area (Å²) in [7, 11) is -3.44. The predicted molar refractivity (Wildman–Crippen MR) is 71.3 cm³/mol. The van der Waals surface area contributed by atoms with E-state index in [1.54, 1.807) is 0 Å². The molecule has 18 heavy (non-hydrogen) atoms. The van der Waals surface area contributed by atoms with Crippen LogP contribution >= 0.6 is 11.6 Å². The third kappa shape index (κ3) is 4.50. The molecular formula is C12H14ClNO3S. The van der Waals surface area contributed by atoms with Crippen molar-refractivity contribution in [1.82, 2.24) is 5.32 Å². The van der Waals surface area contributed by atoms with Crippen molar-refractivity contribution in [3.8, 4) is 0 Å². The van der Waals surface area contributed by atoms with Gasteiger partial charge in [0, 0.05) is 18.0 Å². The molecule has 0 atom stereocenters. The monoisotopic (exact) mass is 287 g/mol. The van der Waals surface area contributed by atoms with Gasteiger partial charge >= 0.3 is 0 Å². The van der Waals surface area contributed by atoms with Crippen LogP contribution in [0.5, 0.6) is 0 Å². The highest BCUT2D eigenvalue weighted by Gasteiger charge is 2.15. The van der Waals surface area contributed by atoms with Gasteiger partial charge in [-0.3, -0.25) is 4.79 Å². The lowest BCUT2D eigenvalue weighted by atomic mass is 10.4. The predicted octanol–water partition coefficient (Wildman–Crippen LogP) is 1.81. The maximum absolute atomic E-state index is 11.9. The molecule has 0 radical (unpaired) electrons. The Morgan fingerprint density at radius 1 is 1.33 bits per heavy atom. The first-order chi connectivity index (χ1) is 8.45. The van der Waals surface area contributed by atoms with Crippen molar-refractivity contribution in [3.63, 3.8) is 0 Å². The van der Waals surface area contributed by atoms with Crippen molar-refractivity contribution < 1.29 is 13.2 Å². The molecule has 0 aromatic heterocycles. The summed E-state index contributed by atoms with van der Waals surface area (Å²) in [4.78, 5) is 11.5. The molecule has 0 spiro atoms. The minimum absolute atomic E-state index is 0.0706. The fourth-order valence-corrected chi connectivity index (χ4v) is 2.63. The summed E-state index contributed by atoms with van der Waals surface area (Å²) < 4.78 is 23.8. The minimum atomic E-state index is -3.44. The SMILES string of the molecule is C=CCNC(=O)CCS(=O)(=O)c1ccc(Cl)cc1. The lowest BCUT2D eigenvalue weighted by Gasteiger charge is -2.05. The Labute approximate surface area is 112 Å². The van der Waals surface area contributed by atoms with E-state index >= 15 is 0 Å². The van der Waals surface area contributed by atoms with Gasteiger partial charge in [0.2, 0.25) is 5.91 Å². The van der Waals surface area contributed by atoms with Crippen LogP contribution in [0.4, 0.5) is 0 Å². The van der Waals surface area contributed by atoms with E-state index in [4.69, 9.17) is 11.6 Å². The van der Waals surface area contributed by atoms with Crippen LogP contribution in [0.3, 0.4) is 0 Å². The summed E-state index contributed by atoms with van der Waals surface area (Å²) in [6.45, 7) is 3.79. The number of nitrogens with one attached hydrogen (secondary N) is 1. The van der Waals surface area contributed by atoms with Gasteiger partial charge in [0.1, 0.15) is 0 Å². The van der Waals surface area contributed by atoms with Crippen molar-refractivity contribution >= 4 is 27.3 Å². The van der Waals surface area contributed by atoms with Crippen LogP contribution < -0.4 is 5.32 Å². The average molecular weight is 288 g/mol. The molecule has 1 amide bonds. The number of rotatable bonds is 6. The molecule has 0 bridgehead atoms. The molecule has 0 aliphatic carbocycles. The fourth-order valence-electron chi connectivity index (χ4n) is 1.26. The molecule has 1 rings (SSSR count). The Bertz CT molecular complexity index is 523. The number of hydrogen-bond donors (Lipinski definition) is 1. The van der Waals surface area contributed by atoms with E-state index in [9.17, 15) is 13.2 Å². The molecule has 0 unspecified atom stereocenters. The zero-order valence-corrected chi connectivity index (χ0v) is 11.3. The van der Waals surface area contributed by atoms with Crippen LogP contribution in [0.25, 0.3) is 0 Å². The first-order valence-corrected chi connectivity index (χ1v) is 7.34. The van der Waals surface area contributed by atoms with Crippen LogP contribution in [0.2, 0.25) is 5.02 Å². The molecule has 1 aromatic rings. The molecule has 0 saturated heterocycles. The van der Waals surface area contributed by atoms with Crippen molar-refractivity contribution in [2.45, 2.75) is 11.3 Å². The van der Waals surface area contributed by atoms with Gasteiger partial charge in [-0.15, -0.1) is 6.58 Å². The van der Waals surface area contributed by atoms with Gasteiger partial charge < -0.3 is 5.32 Å². The van der Waals surface area contributed by atoms with Gasteiger partial charge in [-0.25, -0.2) is 8.42 Å². The normalized spacial score (nSPS) is 10.9. The lowest BCUT2D eigenvalue weighted by Crippen LogP contribution is -2.25. The number of halogens is 1. The smallest absolute Gasteiger partial charge is 0.221 e. The number of sulfone groups is 1. The molecule has 0 fully saturated rings. The maximum Gasteiger partial charge on any atom is 0.221 e. The summed E-state index contributed by atoms with van der Waals surface area (Å²) in [5, 5.41) is 2.99. The molecule has 0 saturated carbocycles. The van der Waals surface area contributed by atoms with E-state index in [0.29, 0.717) is 11.6 Å². The molecule has 0 aliphatic heterocycles. The molecular weight excluding hydrogens is 274 g/mol. The molecule has 0 aliphatic rings. The Balaban J connectivity index is 2.62. The van der Waals surface area contributed by atoms with Gasteiger partial charge in [0.15, 0.2) is 9.84 Å². The zero-order chi connectivity index (χ0) is 13.6. The Hall–Kier alpha value is -1.33. The van der Waals surface area contributed by atoms with E-state index < -0.39 is 9.84 Å². The highest BCUT2D eigenvalue weighted by atomic mass is 35.5. The second kappa shape index (κ2) is 6.56. The van der Waals surface area contributed by atoms with E-state index in [1.165, 1.54) is 30.3 Å². The Morgan fingerprint density at radius 2 is 1.94 bits per heavy atom. The van der Waals surface area contributed by atoms with Crippen LogP contribution in [0.1, 0.15) is 6.42 Å². The van der Waals surface area contributed by atoms with Gasteiger partial charge in [-0.2, -0.15) is 0 Å². The van der Waals surface area contributed by atoms with Crippen molar-refractivity contribution in [1.29, 1.82) is 0 Å². The molecule has 98 valence electrons. The Morgan fingerprint density at radius 3 is 2.50 bits per heavy atom. The summed E-state index contributed by atoms with van der Waals surface area (Å²) >= 11 is 5.68. The first kappa shape index (κ1) is 14.7. The van der Waals surface area contributed by atoms with E-state index in [0.717, 1.165) is 0 Å². The average Bonchev–Trinajstić information content (AvgIpc) is 2.34. The van der Waals surface area contributed by atoms with Crippen LogP contribution in [0, 0.1) is 0 Å². The molecule has 1 aromatic carbocycles. The molecule has 6 heteroatoms. The molecule has 0 heterocycles. The second-order valence-corrected chi connectivity index (χ2v) is 6.16. The standard InChI is InChI=1S/C12H14ClNO3S/c1-2-8-14-12(15)7-9-18(16,17)11-5-3-10(13)4-6-11/h2-6H,1,7-9H2,(H,14,15). The third-order valence-corrected chi connectivity index (χ3v) is 4.20. The largest absolute Gasteiger partial charge is 0.353 e. The van der Waals surface area contributed by atoms with Gasteiger partial charge in [-0.05, 0) is 24.3 Å². The van der Waals surface area contributed by atoms with Crippen LogP contribution in [-0.2, 0) is 14.6 Å². The van der Waals surface area contributed by atoms with Gasteiger partial charge in [0.25, 0.3) is 0 Å². The zero-order valence-electron chi connectivity index (χ0n) is 9.73. The topological polar surface area (TPSA) is 63.2 Å². The highest BCUT2D eigenvalue weighted by Crippen LogP contribution is 2.15. The number of benzene rings is 1. The van der Waals surface area contributed by atoms with Gasteiger partial charge in [-0.1, -0.05) is 17.7 Å².